The molecule has 16 heavy (non-hydrogen) atoms. The molecular weight excluding hydrogens is 226 g/mol. The minimum absolute atomic E-state index is 0.151. The van der Waals surface area contributed by atoms with E-state index in [4.69, 9.17) is 16.3 Å². The number of carbonyl (C=O) groups is 1. The van der Waals surface area contributed by atoms with E-state index in [1.54, 1.807) is 0 Å². The fourth-order valence-electron chi connectivity index (χ4n) is 2.07. The van der Waals surface area contributed by atoms with Crippen LogP contribution in [0.3, 0.4) is 0 Å². The summed E-state index contributed by atoms with van der Waals surface area (Å²) in [7, 11) is 1.41. The molecule has 0 amide bonds. The maximum absolute atomic E-state index is 11.4. The molecule has 86 valence electrons. The second-order valence-corrected chi connectivity index (χ2v) is 4.30. The van der Waals surface area contributed by atoms with Gasteiger partial charge in [0.1, 0.15) is 6.04 Å². The molecule has 0 aromatic heterocycles. The zero-order valence-electron chi connectivity index (χ0n) is 9.07. The van der Waals surface area contributed by atoms with Gasteiger partial charge in [-0.05, 0) is 24.5 Å². The first-order valence-corrected chi connectivity index (χ1v) is 5.68. The summed E-state index contributed by atoms with van der Waals surface area (Å²) in [5.74, 6) is -0.199. The highest BCUT2D eigenvalue weighted by Gasteiger charge is 2.31. The molecule has 0 aliphatic carbocycles. The van der Waals surface area contributed by atoms with Crippen molar-refractivity contribution in [1.82, 2.24) is 5.32 Å². The smallest absolute Gasteiger partial charge is 0.322 e. The van der Waals surface area contributed by atoms with Crippen LogP contribution in [-0.2, 0) is 9.53 Å². The van der Waals surface area contributed by atoms with Gasteiger partial charge in [0.15, 0.2) is 0 Å². The summed E-state index contributed by atoms with van der Waals surface area (Å²) >= 11 is 6.11. The molecular formula is C12H14ClNO2. The molecule has 1 saturated heterocycles. The van der Waals surface area contributed by atoms with Crippen molar-refractivity contribution in [2.24, 2.45) is 0 Å². The normalized spacial score (nSPS) is 24.4. The molecule has 1 aliphatic rings. The third kappa shape index (κ3) is 2.20. The fourth-order valence-corrected chi connectivity index (χ4v) is 2.34. The van der Waals surface area contributed by atoms with E-state index < -0.39 is 0 Å². The van der Waals surface area contributed by atoms with Gasteiger partial charge in [0.25, 0.3) is 0 Å². The van der Waals surface area contributed by atoms with E-state index >= 15 is 0 Å². The first-order valence-electron chi connectivity index (χ1n) is 5.30. The van der Waals surface area contributed by atoms with Gasteiger partial charge in [-0.1, -0.05) is 29.8 Å². The molecule has 2 rings (SSSR count). The Morgan fingerprint density at radius 2 is 2.19 bits per heavy atom. The Kier molecular flexibility index (Phi) is 3.46. The van der Waals surface area contributed by atoms with Crippen LogP contribution in [0.4, 0.5) is 0 Å². The summed E-state index contributed by atoms with van der Waals surface area (Å²) in [6.07, 6.45) is 1.70. The van der Waals surface area contributed by atoms with Crippen LogP contribution in [0, 0.1) is 0 Å². The third-order valence-corrected chi connectivity index (χ3v) is 3.26. The first-order chi connectivity index (χ1) is 7.72. The van der Waals surface area contributed by atoms with Crippen molar-refractivity contribution in [2.75, 3.05) is 7.11 Å². The van der Waals surface area contributed by atoms with Crippen molar-refractivity contribution >= 4 is 17.6 Å². The predicted octanol–water partition coefficient (Wildman–Crippen LogP) is 2.31. The highest BCUT2D eigenvalue weighted by molar-refractivity contribution is 6.31. The minimum atomic E-state index is -0.203. The molecule has 0 bridgehead atoms. The number of hydrogen-bond donors (Lipinski definition) is 1. The SMILES string of the molecule is COC(=O)[C@H]1CCC(c2ccccc2Cl)N1. The Hall–Kier alpha value is -1.06. The molecule has 1 aliphatic heterocycles. The number of halogens is 1. The van der Waals surface area contributed by atoms with Gasteiger partial charge in [-0.3, -0.25) is 10.1 Å². The van der Waals surface area contributed by atoms with Gasteiger partial charge in [0.2, 0.25) is 0 Å². The van der Waals surface area contributed by atoms with Crippen LogP contribution in [0.15, 0.2) is 24.3 Å². The summed E-state index contributed by atoms with van der Waals surface area (Å²) < 4.78 is 4.71. The van der Waals surface area contributed by atoms with Crippen molar-refractivity contribution < 1.29 is 9.53 Å². The number of carbonyl (C=O) groups excluding carboxylic acids is 1. The van der Waals surface area contributed by atoms with Crippen molar-refractivity contribution in [3.63, 3.8) is 0 Å². The van der Waals surface area contributed by atoms with Gasteiger partial charge >= 0.3 is 5.97 Å². The van der Waals surface area contributed by atoms with E-state index in [1.165, 1.54) is 7.11 Å². The Morgan fingerprint density at radius 1 is 1.44 bits per heavy atom. The lowest BCUT2D eigenvalue weighted by Gasteiger charge is -2.14. The average Bonchev–Trinajstić information content (AvgIpc) is 2.78. The van der Waals surface area contributed by atoms with Crippen LogP contribution in [0.2, 0.25) is 5.02 Å². The maximum Gasteiger partial charge on any atom is 0.322 e. The molecule has 1 fully saturated rings. The molecule has 2 atom stereocenters. The van der Waals surface area contributed by atoms with Crippen molar-refractivity contribution in [2.45, 2.75) is 24.9 Å². The number of esters is 1. The van der Waals surface area contributed by atoms with Crippen LogP contribution in [0.25, 0.3) is 0 Å². The largest absolute Gasteiger partial charge is 0.468 e. The third-order valence-electron chi connectivity index (χ3n) is 2.91. The number of benzene rings is 1. The van der Waals surface area contributed by atoms with E-state index in [-0.39, 0.29) is 18.1 Å². The van der Waals surface area contributed by atoms with E-state index in [1.807, 2.05) is 24.3 Å². The lowest BCUT2D eigenvalue weighted by Crippen LogP contribution is -2.33. The average molecular weight is 240 g/mol. The van der Waals surface area contributed by atoms with Gasteiger partial charge in [-0.2, -0.15) is 0 Å². The van der Waals surface area contributed by atoms with Gasteiger partial charge in [-0.25, -0.2) is 0 Å². The standard InChI is InChI=1S/C12H14ClNO2/c1-16-12(15)11-7-6-10(14-11)8-4-2-3-5-9(8)13/h2-5,10-11,14H,6-7H2,1H3/t10?,11-/m1/s1. The Morgan fingerprint density at radius 3 is 2.88 bits per heavy atom. The topological polar surface area (TPSA) is 38.3 Å². The zero-order chi connectivity index (χ0) is 11.5. The molecule has 0 saturated carbocycles. The molecule has 1 unspecified atom stereocenters. The van der Waals surface area contributed by atoms with Crippen LogP contribution in [0.5, 0.6) is 0 Å². The van der Waals surface area contributed by atoms with Crippen molar-refractivity contribution in [3.8, 4) is 0 Å². The quantitative estimate of drug-likeness (QED) is 0.805. The molecule has 0 spiro atoms. The molecule has 3 nitrogen and oxygen atoms in total. The molecule has 0 radical (unpaired) electrons. The van der Waals surface area contributed by atoms with E-state index in [0.29, 0.717) is 0 Å². The van der Waals surface area contributed by atoms with Gasteiger partial charge in [0.05, 0.1) is 7.11 Å². The van der Waals surface area contributed by atoms with Crippen molar-refractivity contribution in [3.05, 3.63) is 34.9 Å². The number of nitrogens with one attached hydrogen (secondary N) is 1. The predicted molar refractivity (Wildman–Crippen MR) is 62.4 cm³/mol. The number of ether oxygens (including phenoxy) is 1. The number of rotatable bonds is 2. The van der Waals surface area contributed by atoms with Crippen LogP contribution >= 0.6 is 11.6 Å². The lowest BCUT2D eigenvalue weighted by atomic mass is 10.1. The second-order valence-electron chi connectivity index (χ2n) is 3.89. The zero-order valence-corrected chi connectivity index (χ0v) is 9.83. The molecule has 1 aromatic carbocycles. The summed E-state index contributed by atoms with van der Waals surface area (Å²) in [6, 6.07) is 7.65. The van der Waals surface area contributed by atoms with Gasteiger partial charge in [0, 0.05) is 11.1 Å². The lowest BCUT2D eigenvalue weighted by molar-refractivity contribution is -0.142. The van der Waals surface area contributed by atoms with Crippen LogP contribution in [0.1, 0.15) is 24.4 Å². The second kappa shape index (κ2) is 4.85. The molecule has 1 N–H and O–H groups in total. The fraction of sp³-hybridized carbons (Fsp3) is 0.417. The summed E-state index contributed by atoms with van der Waals surface area (Å²) in [5, 5.41) is 3.98. The molecule has 4 heteroatoms. The molecule has 1 heterocycles. The van der Waals surface area contributed by atoms with Crippen LogP contribution in [-0.4, -0.2) is 19.1 Å². The van der Waals surface area contributed by atoms with Crippen LogP contribution < -0.4 is 5.32 Å². The molecule has 1 aromatic rings. The minimum Gasteiger partial charge on any atom is -0.468 e. The monoisotopic (exact) mass is 239 g/mol. The van der Waals surface area contributed by atoms with Gasteiger partial charge < -0.3 is 4.74 Å². The number of methoxy groups -OCH3 is 1. The Bertz CT molecular complexity index is 394. The first kappa shape index (κ1) is 11.4. The summed E-state index contributed by atoms with van der Waals surface area (Å²) in [6.45, 7) is 0. The highest BCUT2D eigenvalue weighted by atomic mass is 35.5. The number of hydrogen-bond acceptors (Lipinski definition) is 3. The van der Waals surface area contributed by atoms with E-state index in [0.717, 1.165) is 23.4 Å². The van der Waals surface area contributed by atoms with Crippen molar-refractivity contribution in [1.29, 1.82) is 0 Å². The summed E-state index contributed by atoms with van der Waals surface area (Å²) in [5.41, 5.74) is 1.05. The Balaban J connectivity index is 2.09. The maximum atomic E-state index is 11.4. The van der Waals surface area contributed by atoms with Gasteiger partial charge in [-0.15, -0.1) is 0 Å². The summed E-state index contributed by atoms with van der Waals surface area (Å²) in [4.78, 5) is 11.4. The highest BCUT2D eigenvalue weighted by Crippen LogP contribution is 2.31. The van der Waals surface area contributed by atoms with E-state index in [2.05, 4.69) is 5.32 Å². The van der Waals surface area contributed by atoms with E-state index in [9.17, 15) is 4.79 Å². The Labute approximate surface area is 99.7 Å².